The lowest BCUT2D eigenvalue weighted by Crippen LogP contribution is -2.49. The van der Waals surface area contributed by atoms with Crippen LogP contribution in [0.15, 0.2) is 24.3 Å². The molecule has 1 N–H and O–H groups in total. The molecule has 1 aromatic rings. The van der Waals surface area contributed by atoms with Gasteiger partial charge in [0.2, 0.25) is 0 Å². The van der Waals surface area contributed by atoms with Gasteiger partial charge in [-0.3, -0.25) is 0 Å². The molecule has 0 radical (unpaired) electrons. The van der Waals surface area contributed by atoms with Gasteiger partial charge in [0.25, 0.3) is 0 Å². The van der Waals surface area contributed by atoms with E-state index in [1.54, 1.807) is 7.11 Å². The minimum atomic E-state index is -1.22. The van der Waals surface area contributed by atoms with Crippen molar-refractivity contribution in [3.05, 3.63) is 29.8 Å². The first-order chi connectivity index (χ1) is 13.9. The van der Waals surface area contributed by atoms with Crippen molar-refractivity contribution in [2.45, 2.75) is 89.8 Å². The smallest absolute Gasteiger partial charge is 0.477 e. The molecule has 0 aromatic heterocycles. The Bertz CT molecular complexity index is 686. The van der Waals surface area contributed by atoms with E-state index in [1.807, 2.05) is 72.7 Å². The first kappa shape index (κ1) is 25.3. The van der Waals surface area contributed by atoms with E-state index in [0.717, 1.165) is 24.2 Å². The molecule has 2 rings (SSSR count). The molecule has 0 saturated carbocycles. The minimum Gasteiger partial charge on any atom is -0.497 e. The maximum Gasteiger partial charge on any atom is 0.477 e. The second-order valence-electron chi connectivity index (χ2n) is 9.77. The predicted octanol–water partition coefficient (Wildman–Crippen LogP) is 4.04. The molecule has 0 unspecified atom stereocenters. The van der Waals surface area contributed by atoms with E-state index in [4.69, 9.17) is 18.8 Å². The Morgan fingerprint density at radius 1 is 1.10 bits per heavy atom. The van der Waals surface area contributed by atoms with Crippen LogP contribution < -0.4 is 9.46 Å². The Balaban J connectivity index is 1.90. The van der Waals surface area contributed by atoms with Crippen LogP contribution in [0.25, 0.3) is 0 Å². The molecule has 0 aliphatic carbocycles. The molecule has 0 spiro atoms. The molecule has 1 aromatic carbocycles. The number of benzene rings is 1. The summed E-state index contributed by atoms with van der Waals surface area (Å²) in [7, 11) is -0.0161. The quantitative estimate of drug-likeness (QED) is 0.440. The van der Waals surface area contributed by atoms with Crippen molar-refractivity contribution in [1.82, 2.24) is 4.72 Å². The fraction of sp³-hybridized carbons (Fsp3) is 0.727. The zero-order valence-electron chi connectivity index (χ0n) is 19.7. The third-order valence-electron chi connectivity index (χ3n) is 5.65. The summed E-state index contributed by atoms with van der Waals surface area (Å²) in [4.78, 5) is 0. The van der Waals surface area contributed by atoms with Crippen molar-refractivity contribution in [1.29, 1.82) is 0 Å². The van der Waals surface area contributed by atoms with Crippen LogP contribution in [0.3, 0.4) is 0 Å². The highest BCUT2D eigenvalue weighted by Gasteiger charge is 2.54. The summed E-state index contributed by atoms with van der Waals surface area (Å²) >= 11 is 0. The van der Waals surface area contributed by atoms with Gasteiger partial charge in [-0.1, -0.05) is 12.1 Å². The lowest BCUT2D eigenvalue weighted by molar-refractivity contribution is 0.00578. The minimum absolute atomic E-state index is 0.185. The average Bonchev–Trinajstić information content (AvgIpc) is 2.87. The van der Waals surface area contributed by atoms with E-state index >= 15 is 0 Å². The van der Waals surface area contributed by atoms with Gasteiger partial charge in [0, 0.05) is 6.61 Å². The Kier molecular flexibility index (Phi) is 8.55. The van der Waals surface area contributed by atoms with Crippen molar-refractivity contribution in [3.8, 4) is 5.75 Å². The predicted molar refractivity (Wildman–Crippen MR) is 123 cm³/mol. The van der Waals surface area contributed by atoms with Crippen LogP contribution >= 0.6 is 0 Å². The second-order valence-corrected chi connectivity index (χ2v) is 11.8. The number of ether oxygens (including phenoxy) is 2. The Morgan fingerprint density at radius 3 is 2.17 bits per heavy atom. The lowest BCUT2D eigenvalue weighted by Gasteiger charge is -2.32. The number of rotatable bonds is 10. The van der Waals surface area contributed by atoms with E-state index in [-0.39, 0.29) is 10.7 Å². The molecule has 1 saturated heterocycles. The van der Waals surface area contributed by atoms with Crippen LogP contribution in [-0.2, 0) is 31.6 Å². The van der Waals surface area contributed by atoms with Crippen molar-refractivity contribution < 1.29 is 23.0 Å². The summed E-state index contributed by atoms with van der Waals surface area (Å²) < 4.78 is 39.1. The van der Waals surface area contributed by atoms with Crippen LogP contribution in [0.5, 0.6) is 5.75 Å². The topological polar surface area (TPSA) is 66.0 Å². The van der Waals surface area contributed by atoms with E-state index in [1.165, 1.54) is 0 Å². The molecule has 6 nitrogen and oxygen atoms in total. The van der Waals surface area contributed by atoms with Crippen molar-refractivity contribution in [3.63, 3.8) is 0 Å². The molecular weight excluding hydrogens is 401 g/mol. The summed E-state index contributed by atoms with van der Waals surface area (Å²) in [5, 5.41) is 0. The Labute approximate surface area is 185 Å². The van der Waals surface area contributed by atoms with Gasteiger partial charge in [-0.2, -0.15) is 0 Å². The highest BCUT2D eigenvalue weighted by molar-refractivity contribution is 7.84. The monoisotopic (exact) mass is 439 g/mol. The van der Waals surface area contributed by atoms with Gasteiger partial charge in [0.1, 0.15) is 5.75 Å². The summed E-state index contributed by atoms with van der Waals surface area (Å²) in [6, 6.07) is 7.86. The molecule has 170 valence electrons. The molecule has 0 amide bonds. The molecule has 1 aliphatic heterocycles. The standard InChI is InChI=1S/C22H38BNO5S/c1-20(2,3)30(25)24-19(23-28-21(4,5)22(6,7)29-23)10-9-15-27-16-17-11-13-18(26-8)14-12-17/h11-14,19,24H,9-10,15-16H2,1-8H3/t19-,30+/m0/s1. The highest BCUT2D eigenvalue weighted by atomic mass is 32.2. The molecule has 30 heavy (non-hydrogen) atoms. The average molecular weight is 439 g/mol. The van der Waals surface area contributed by atoms with Crippen molar-refractivity contribution >= 4 is 18.1 Å². The fourth-order valence-electron chi connectivity index (χ4n) is 2.93. The second kappa shape index (κ2) is 10.1. The van der Waals surface area contributed by atoms with Crippen molar-refractivity contribution in [2.24, 2.45) is 0 Å². The number of nitrogens with one attached hydrogen (secondary N) is 1. The van der Waals surface area contributed by atoms with Gasteiger partial charge in [-0.05, 0) is 79.0 Å². The van der Waals surface area contributed by atoms with Gasteiger partial charge in [0.15, 0.2) is 0 Å². The third-order valence-corrected chi connectivity index (χ3v) is 7.28. The maximum absolute atomic E-state index is 12.7. The number of hydrogen-bond donors (Lipinski definition) is 1. The van der Waals surface area contributed by atoms with Crippen molar-refractivity contribution in [2.75, 3.05) is 13.7 Å². The van der Waals surface area contributed by atoms with Crippen LogP contribution in [0.1, 0.15) is 66.9 Å². The van der Waals surface area contributed by atoms with Gasteiger partial charge in [-0.15, -0.1) is 0 Å². The van der Waals surface area contributed by atoms with E-state index in [9.17, 15) is 4.21 Å². The largest absolute Gasteiger partial charge is 0.497 e. The van der Waals surface area contributed by atoms with Gasteiger partial charge in [0.05, 0.1) is 46.6 Å². The normalized spacial score (nSPS) is 20.2. The fourth-order valence-corrected chi connectivity index (χ4v) is 3.79. The Morgan fingerprint density at radius 2 is 1.67 bits per heavy atom. The molecule has 1 heterocycles. The Hall–Kier alpha value is -0.925. The summed E-state index contributed by atoms with van der Waals surface area (Å²) in [6.45, 7) is 15.1. The molecular formula is C22H38BNO5S. The van der Waals surface area contributed by atoms with E-state index in [0.29, 0.717) is 13.2 Å². The summed E-state index contributed by atoms with van der Waals surface area (Å²) in [5.41, 5.74) is 0.252. The third kappa shape index (κ3) is 6.79. The lowest BCUT2D eigenvalue weighted by atomic mass is 9.76. The van der Waals surface area contributed by atoms with Crippen LogP contribution in [0.2, 0.25) is 0 Å². The van der Waals surface area contributed by atoms with Crippen LogP contribution in [0, 0.1) is 0 Å². The highest BCUT2D eigenvalue weighted by Crippen LogP contribution is 2.38. The SMILES string of the molecule is COc1ccc(COCCC[C@H](N[S@](=O)C(C)(C)C)B2OC(C)(C)C(C)(C)O2)cc1. The zero-order valence-corrected chi connectivity index (χ0v) is 20.6. The van der Waals surface area contributed by atoms with Crippen LogP contribution in [-0.4, -0.2) is 46.9 Å². The molecule has 2 atom stereocenters. The molecule has 8 heteroatoms. The molecule has 0 bridgehead atoms. The first-order valence-electron chi connectivity index (χ1n) is 10.6. The van der Waals surface area contributed by atoms with E-state index in [2.05, 4.69) is 4.72 Å². The number of hydrogen-bond acceptors (Lipinski definition) is 5. The maximum atomic E-state index is 12.7. The molecule has 1 fully saturated rings. The van der Waals surface area contributed by atoms with Gasteiger partial charge < -0.3 is 18.8 Å². The van der Waals surface area contributed by atoms with E-state index < -0.39 is 29.3 Å². The zero-order chi connectivity index (χ0) is 22.6. The summed E-state index contributed by atoms with van der Waals surface area (Å²) in [5.74, 6) is 0.651. The van der Waals surface area contributed by atoms with Crippen LogP contribution in [0.4, 0.5) is 0 Å². The van der Waals surface area contributed by atoms with Gasteiger partial charge in [-0.25, -0.2) is 8.93 Å². The first-order valence-corrected chi connectivity index (χ1v) is 11.7. The summed E-state index contributed by atoms with van der Waals surface area (Å²) in [6.07, 6.45) is 1.54. The van der Waals surface area contributed by atoms with Gasteiger partial charge >= 0.3 is 7.12 Å². The molecule has 1 aliphatic rings. The number of methoxy groups -OCH3 is 1.